The van der Waals surface area contributed by atoms with Gasteiger partial charge >= 0.3 is 0 Å². The maximum atomic E-state index is 5.48. The zero-order chi connectivity index (χ0) is 14.7. The second kappa shape index (κ2) is 6.67. The van der Waals surface area contributed by atoms with Gasteiger partial charge in [-0.15, -0.1) is 0 Å². The summed E-state index contributed by atoms with van der Waals surface area (Å²) in [5.74, 6) is 2.45. The fraction of sp³-hybridized carbons (Fsp3) is 0.647. The minimum Gasteiger partial charge on any atom is -0.454 e. The summed E-state index contributed by atoms with van der Waals surface area (Å²) in [6, 6.07) is 6.97. The molecule has 0 aliphatic carbocycles. The first-order valence-electron chi connectivity index (χ1n) is 8.09. The Labute approximate surface area is 127 Å². The van der Waals surface area contributed by atoms with Crippen LogP contribution in [0.4, 0.5) is 0 Å². The average Bonchev–Trinajstić information content (AvgIpc) is 2.92. The molecule has 0 bridgehead atoms. The Morgan fingerprint density at radius 2 is 2.14 bits per heavy atom. The normalized spacial score (nSPS) is 26.4. The Morgan fingerprint density at radius 1 is 1.29 bits per heavy atom. The van der Waals surface area contributed by atoms with Crippen molar-refractivity contribution < 1.29 is 9.47 Å². The highest BCUT2D eigenvalue weighted by Crippen LogP contribution is 2.32. The lowest BCUT2D eigenvalue weighted by molar-refractivity contribution is 0.173. The van der Waals surface area contributed by atoms with Gasteiger partial charge in [0.2, 0.25) is 6.79 Å². The standard InChI is InChI=1S/C17H26N2O2/c1-3-15-6-7-19(10-13(2)9-18-15)11-14-4-5-16-17(8-14)21-12-20-16/h4-5,8,13,15,18H,3,6-7,9-12H2,1-2H3. The van der Waals surface area contributed by atoms with Crippen molar-refractivity contribution in [1.29, 1.82) is 0 Å². The summed E-state index contributed by atoms with van der Waals surface area (Å²) in [6.45, 7) is 9.38. The van der Waals surface area contributed by atoms with Crippen molar-refractivity contribution in [2.24, 2.45) is 5.92 Å². The van der Waals surface area contributed by atoms with Crippen molar-refractivity contribution in [3.8, 4) is 11.5 Å². The molecular formula is C17H26N2O2. The highest BCUT2D eigenvalue weighted by Gasteiger charge is 2.19. The first kappa shape index (κ1) is 14.7. The topological polar surface area (TPSA) is 33.7 Å². The first-order chi connectivity index (χ1) is 10.2. The second-order valence-corrected chi connectivity index (χ2v) is 6.33. The van der Waals surface area contributed by atoms with Crippen LogP contribution in [0.3, 0.4) is 0 Å². The lowest BCUT2D eigenvalue weighted by atomic mass is 10.0. The molecule has 2 aliphatic heterocycles. The fourth-order valence-corrected chi connectivity index (χ4v) is 3.19. The summed E-state index contributed by atoms with van der Waals surface area (Å²) in [5.41, 5.74) is 1.31. The molecule has 2 aliphatic rings. The van der Waals surface area contributed by atoms with Crippen molar-refractivity contribution in [3.63, 3.8) is 0 Å². The van der Waals surface area contributed by atoms with Gasteiger partial charge in [0.25, 0.3) is 0 Å². The predicted molar refractivity (Wildman–Crippen MR) is 83.7 cm³/mol. The molecule has 3 rings (SSSR count). The molecule has 1 N–H and O–H groups in total. The van der Waals surface area contributed by atoms with E-state index in [1.165, 1.54) is 18.4 Å². The van der Waals surface area contributed by atoms with Gasteiger partial charge in [-0.2, -0.15) is 0 Å². The van der Waals surface area contributed by atoms with Crippen molar-refractivity contribution in [3.05, 3.63) is 23.8 Å². The van der Waals surface area contributed by atoms with E-state index >= 15 is 0 Å². The molecule has 2 atom stereocenters. The molecule has 0 aromatic heterocycles. The Bertz CT molecular complexity index is 478. The van der Waals surface area contributed by atoms with Crippen LogP contribution in [-0.2, 0) is 6.54 Å². The van der Waals surface area contributed by atoms with E-state index < -0.39 is 0 Å². The van der Waals surface area contributed by atoms with E-state index in [4.69, 9.17) is 9.47 Å². The molecule has 2 unspecified atom stereocenters. The number of benzene rings is 1. The number of rotatable bonds is 3. The predicted octanol–water partition coefficient (Wildman–Crippen LogP) is 2.63. The number of nitrogens with one attached hydrogen (secondary N) is 1. The SMILES string of the molecule is CCC1CCN(Cc2ccc3c(c2)OCO3)CC(C)CN1. The third kappa shape index (κ3) is 3.69. The molecule has 2 heterocycles. The third-order valence-corrected chi connectivity index (χ3v) is 4.45. The zero-order valence-electron chi connectivity index (χ0n) is 13.1. The quantitative estimate of drug-likeness (QED) is 0.928. The molecule has 4 heteroatoms. The third-order valence-electron chi connectivity index (χ3n) is 4.45. The summed E-state index contributed by atoms with van der Waals surface area (Å²) in [4.78, 5) is 2.58. The van der Waals surface area contributed by atoms with Gasteiger partial charge in [0.15, 0.2) is 11.5 Å². The highest BCUT2D eigenvalue weighted by molar-refractivity contribution is 5.44. The van der Waals surface area contributed by atoms with Crippen molar-refractivity contribution >= 4 is 0 Å². The van der Waals surface area contributed by atoms with Crippen LogP contribution in [0.5, 0.6) is 11.5 Å². The molecule has 4 nitrogen and oxygen atoms in total. The van der Waals surface area contributed by atoms with Crippen LogP contribution in [0.25, 0.3) is 0 Å². The number of nitrogens with zero attached hydrogens (tertiary/aromatic N) is 1. The average molecular weight is 290 g/mol. The van der Waals surface area contributed by atoms with Gasteiger partial charge in [-0.3, -0.25) is 4.90 Å². The largest absolute Gasteiger partial charge is 0.454 e. The molecule has 21 heavy (non-hydrogen) atoms. The van der Waals surface area contributed by atoms with Gasteiger partial charge in [0.1, 0.15) is 0 Å². The molecule has 0 radical (unpaired) electrons. The van der Waals surface area contributed by atoms with Gasteiger partial charge in [0.05, 0.1) is 0 Å². The zero-order valence-corrected chi connectivity index (χ0v) is 13.1. The summed E-state index contributed by atoms with van der Waals surface area (Å²) < 4.78 is 10.9. The van der Waals surface area contributed by atoms with E-state index in [1.54, 1.807) is 0 Å². The van der Waals surface area contributed by atoms with Gasteiger partial charge < -0.3 is 14.8 Å². The van der Waals surface area contributed by atoms with Crippen molar-refractivity contribution in [1.82, 2.24) is 10.2 Å². The maximum absolute atomic E-state index is 5.48. The van der Waals surface area contributed by atoms with E-state index in [0.717, 1.165) is 37.7 Å². The molecule has 1 saturated heterocycles. The van der Waals surface area contributed by atoms with Crippen LogP contribution >= 0.6 is 0 Å². The molecular weight excluding hydrogens is 264 g/mol. The molecule has 0 amide bonds. The second-order valence-electron chi connectivity index (χ2n) is 6.33. The molecule has 1 aromatic carbocycles. The number of fused-ring (bicyclic) bond motifs is 1. The van der Waals surface area contributed by atoms with E-state index in [0.29, 0.717) is 18.8 Å². The lowest BCUT2D eigenvalue weighted by Crippen LogP contribution is -2.43. The molecule has 1 fully saturated rings. The van der Waals surface area contributed by atoms with Crippen LogP contribution in [-0.4, -0.2) is 37.4 Å². The molecule has 0 spiro atoms. The monoisotopic (exact) mass is 290 g/mol. The fourth-order valence-electron chi connectivity index (χ4n) is 3.19. The summed E-state index contributed by atoms with van der Waals surface area (Å²) >= 11 is 0. The Kier molecular flexibility index (Phi) is 4.66. The molecule has 1 aromatic rings. The molecule has 0 saturated carbocycles. The first-order valence-corrected chi connectivity index (χ1v) is 8.09. The summed E-state index contributed by atoms with van der Waals surface area (Å²) in [5, 5.41) is 3.68. The van der Waals surface area contributed by atoms with Gasteiger partial charge in [-0.05, 0) is 49.5 Å². The minimum absolute atomic E-state index is 0.351. The highest BCUT2D eigenvalue weighted by atomic mass is 16.7. The number of hydrogen-bond donors (Lipinski definition) is 1. The van der Waals surface area contributed by atoms with Gasteiger partial charge in [-0.25, -0.2) is 0 Å². The van der Waals surface area contributed by atoms with Crippen LogP contribution in [0.15, 0.2) is 18.2 Å². The van der Waals surface area contributed by atoms with Crippen molar-refractivity contribution in [2.75, 3.05) is 26.4 Å². The Morgan fingerprint density at radius 3 is 3.00 bits per heavy atom. The number of hydrogen-bond acceptors (Lipinski definition) is 4. The molecule has 116 valence electrons. The van der Waals surface area contributed by atoms with E-state index in [-0.39, 0.29) is 0 Å². The van der Waals surface area contributed by atoms with Gasteiger partial charge in [0, 0.05) is 19.1 Å². The van der Waals surface area contributed by atoms with Crippen LogP contribution in [0, 0.1) is 5.92 Å². The van der Waals surface area contributed by atoms with E-state index in [9.17, 15) is 0 Å². The van der Waals surface area contributed by atoms with Crippen LogP contribution in [0.2, 0.25) is 0 Å². The van der Waals surface area contributed by atoms with Crippen molar-refractivity contribution in [2.45, 2.75) is 39.3 Å². The van der Waals surface area contributed by atoms with Crippen LogP contribution < -0.4 is 14.8 Å². The summed E-state index contributed by atoms with van der Waals surface area (Å²) in [7, 11) is 0. The summed E-state index contributed by atoms with van der Waals surface area (Å²) in [6.07, 6.45) is 2.44. The lowest BCUT2D eigenvalue weighted by Gasteiger charge is -2.32. The smallest absolute Gasteiger partial charge is 0.231 e. The number of ether oxygens (including phenoxy) is 2. The van der Waals surface area contributed by atoms with Gasteiger partial charge in [-0.1, -0.05) is 19.9 Å². The minimum atomic E-state index is 0.351. The van der Waals surface area contributed by atoms with E-state index in [1.807, 2.05) is 6.07 Å². The Balaban J connectivity index is 1.64. The Hall–Kier alpha value is -1.26. The maximum Gasteiger partial charge on any atom is 0.231 e. The van der Waals surface area contributed by atoms with E-state index in [2.05, 4.69) is 36.2 Å². The van der Waals surface area contributed by atoms with Crippen LogP contribution in [0.1, 0.15) is 32.3 Å².